The van der Waals surface area contributed by atoms with Crippen LogP contribution in [0.2, 0.25) is 0 Å². The Morgan fingerprint density at radius 2 is 1.32 bits per heavy atom. The Hall–Kier alpha value is -1.82. The number of aliphatic hydroxyl groups is 1. The molecule has 2 rings (SSSR count). The summed E-state index contributed by atoms with van der Waals surface area (Å²) in [5, 5.41) is 9.38. The van der Waals surface area contributed by atoms with Crippen LogP contribution in [0.4, 0.5) is 0 Å². The van der Waals surface area contributed by atoms with Crippen LogP contribution in [0, 0.1) is 0 Å². The third-order valence-electron chi connectivity index (χ3n) is 2.83. The van der Waals surface area contributed by atoms with Gasteiger partial charge in [0.1, 0.15) is 0 Å². The average Bonchev–Trinajstić information content (AvgIpc) is 2.47. The highest BCUT2D eigenvalue weighted by molar-refractivity contribution is 7.95. The van der Waals surface area contributed by atoms with Crippen molar-refractivity contribution in [3.05, 3.63) is 71.8 Å². The third-order valence-corrected chi connectivity index (χ3v) is 3.43. The van der Waals surface area contributed by atoms with Crippen LogP contribution in [0.15, 0.2) is 60.7 Å². The minimum Gasteiger partial charge on any atom is -0.766 e. The SMILES string of the molecule is O=C(S(=O)[O-])C(O)(c1ccccc1)c1ccccc1. The van der Waals surface area contributed by atoms with Gasteiger partial charge in [0.05, 0.1) is 0 Å². The van der Waals surface area contributed by atoms with E-state index < -0.39 is 21.8 Å². The van der Waals surface area contributed by atoms with Gasteiger partial charge in [0.15, 0.2) is 5.60 Å². The Balaban J connectivity index is 2.64. The van der Waals surface area contributed by atoms with Crippen LogP contribution in [0.3, 0.4) is 0 Å². The van der Waals surface area contributed by atoms with Crippen LogP contribution >= 0.6 is 0 Å². The lowest BCUT2D eigenvalue weighted by molar-refractivity contribution is -0.125. The molecule has 0 saturated heterocycles. The first kappa shape index (κ1) is 13.6. The summed E-state index contributed by atoms with van der Waals surface area (Å²) in [5.74, 6) is 0. The number of carbonyl (C=O) groups is 1. The first-order valence-corrected chi connectivity index (χ1v) is 6.61. The van der Waals surface area contributed by atoms with Gasteiger partial charge in [-0.25, -0.2) is 0 Å². The van der Waals surface area contributed by atoms with Gasteiger partial charge in [0.2, 0.25) is 5.12 Å². The van der Waals surface area contributed by atoms with Crippen LogP contribution in [0.5, 0.6) is 0 Å². The lowest BCUT2D eigenvalue weighted by Gasteiger charge is -2.28. The average molecular weight is 275 g/mol. The largest absolute Gasteiger partial charge is 0.766 e. The molecule has 0 aliphatic rings. The number of hydrogen-bond acceptors (Lipinski definition) is 4. The molecule has 2 aromatic rings. The van der Waals surface area contributed by atoms with Gasteiger partial charge in [-0.3, -0.25) is 9.00 Å². The summed E-state index contributed by atoms with van der Waals surface area (Å²) in [6.07, 6.45) is 0. The molecule has 1 atom stereocenters. The molecular weight excluding hydrogens is 264 g/mol. The molecule has 0 aromatic heterocycles. The van der Waals surface area contributed by atoms with Crippen LogP contribution in [-0.2, 0) is 21.5 Å². The molecule has 98 valence electrons. The zero-order chi connectivity index (χ0) is 13.9. The van der Waals surface area contributed by atoms with Crippen molar-refractivity contribution in [1.82, 2.24) is 0 Å². The second-order valence-electron chi connectivity index (χ2n) is 3.96. The first-order chi connectivity index (χ1) is 9.06. The summed E-state index contributed by atoms with van der Waals surface area (Å²) in [7, 11) is 0. The van der Waals surface area contributed by atoms with E-state index in [1.807, 2.05) is 0 Å². The van der Waals surface area contributed by atoms with Crippen LogP contribution < -0.4 is 0 Å². The minimum absolute atomic E-state index is 0.218. The van der Waals surface area contributed by atoms with Gasteiger partial charge in [-0.1, -0.05) is 60.7 Å². The second-order valence-corrected chi connectivity index (χ2v) is 4.80. The van der Waals surface area contributed by atoms with Gasteiger partial charge in [-0.2, -0.15) is 0 Å². The van der Waals surface area contributed by atoms with Gasteiger partial charge in [0, 0.05) is 11.1 Å². The summed E-state index contributed by atoms with van der Waals surface area (Å²) < 4.78 is 22.0. The number of hydrogen-bond donors (Lipinski definition) is 1. The molecule has 2 aromatic carbocycles. The van der Waals surface area contributed by atoms with Crippen LogP contribution in [0.25, 0.3) is 0 Å². The van der Waals surface area contributed by atoms with E-state index in [1.54, 1.807) is 36.4 Å². The molecule has 4 nitrogen and oxygen atoms in total. The molecule has 0 fully saturated rings. The fourth-order valence-corrected chi connectivity index (χ4v) is 2.36. The topological polar surface area (TPSA) is 77.4 Å². The lowest BCUT2D eigenvalue weighted by atomic mass is 9.87. The number of rotatable bonds is 3. The van der Waals surface area contributed by atoms with E-state index in [1.165, 1.54) is 24.3 Å². The van der Waals surface area contributed by atoms with Crippen molar-refractivity contribution in [2.45, 2.75) is 5.60 Å². The van der Waals surface area contributed by atoms with Gasteiger partial charge in [-0.05, 0) is 11.1 Å². The van der Waals surface area contributed by atoms with Crippen molar-refractivity contribution in [2.24, 2.45) is 0 Å². The summed E-state index contributed by atoms with van der Waals surface area (Å²) in [5.41, 5.74) is -1.75. The van der Waals surface area contributed by atoms with E-state index in [4.69, 9.17) is 0 Å². The van der Waals surface area contributed by atoms with Crippen molar-refractivity contribution in [1.29, 1.82) is 0 Å². The molecule has 0 aliphatic carbocycles. The molecule has 0 aliphatic heterocycles. The quantitative estimate of drug-likeness (QED) is 0.857. The van der Waals surface area contributed by atoms with Gasteiger partial charge in [-0.15, -0.1) is 0 Å². The zero-order valence-corrected chi connectivity index (χ0v) is 10.7. The van der Waals surface area contributed by atoms with Crippen LogP contribution in [-0.4, -0.2) is 19.0 Å². The van der Waals surface area contributed by atoms with E-state index in [2.05, 4.69) is 0 Å². The number of benzene rings is 2. The van der Waals surface area contributed by atoms with E-state index in [0.717, 1.165) is 0 Å². The highest BCUT2D eigenvalue weighted by Crippen LogP contribution is 2.31. The molecule has 0 saturated carbocycles. The molecule has 19 heavy (non-hydrogen) atoms. The molecule has 1 unspecified atom stereocenters. The second kappa shape index (κ2) is 5.44. The van der Waals surface area contributed by atoms with Crippen LogP contribution in [0.1, 0.15) is 11.1 Å². The van der Waals surface area contributed by atoms with Gasteiger partial charge in [0.25, 0.3) is 0 Å². The van der Waals surface area contributed by atoms with E-state index in [-0.39, 0.29) is 11.1 Å². The van der Waals surface area contributed by atoms with Crippen molar-refractivity contribution in [3.8, 4) is 0 Å². The molecule has 1 N–H and O–H groups in total. The molecule has 0 amide bonds. The van der Waals surface area contributed by atoms with E-state index in [9.17, 15) is 18.7 Å². The van der Waals surface area contributed by atoms with E-state index in [0.29, 0.717) is 0 Å². The van der Waals surface area contributed by atoms with Gasteiger partial charge >= 0.3 is 0 Å². The zero-order valence-electron chi connectivity index (χ0n) is 9.85. The summed E-state index contributed by atoms with van der Waals surface area (Å²) in [4.78, 5) is 11.9. The Bertz CT molecular complexity index is 556. The molecule has 0 spiro atoms. The fourth-order valence-electron chi connectivity index (χ4n) is 1.88. The Labute approximate surface area is 113 Å². The van der Waals surface area contributed by atoms with Gasteiger partial charge < -0.3 is 9.66 Å². The molecular formula is C14H11O4S-. The predicted octanol–water partition coefficient (Wildman–Crippen LogP) is 1.33. The summed E-state index contributed by atoms with van der Waals surface area (Å²) >= 11 is -3.02. The Kier molecular flexibility index (Phi) is 3.90. The monoisotopic (exact) mass is 275 g/mol. The van der Waals surface area contributed by atoms with Crippen molar-refractivity contribution < 1.29 is 18.7 Å². The number of carbonyl (C=O) groups excluding carboxylic acids is 1. The Morgan fingerprint density at radius 1 is 0.947 bits per heavy atom. The van der Waals surface area contributed by atoms with Crippen molar-refractivity contribution in [2.75, 3.05) is 0 Å². The molecule has 5 heteroatoms. The fraction of sp³-hybridized carbons (Fsp3) is 0.0714. The lowest BCUT2D eigenvalue weighted by Crippen LogP contribution is -2.39. The summed E-state index contributed by atoms with van der Waals surface area (Å²) in [6, 6.07) is 16.0. The first-order valence-electron chi connectivity index (χ1n) is 5.54. The molecule has 0 heterocycles. The maximum absolute atomic E-state index is 11.9. The maximum atomic E-state index is 11.9. The highest BCUT2D eigenvalue weighted by Gasteiger charge is 2.40. The maximum Gasteiger partial charge on any atom is 0.246 e. The normalized spacial score (nSPS) is 12.9. The standard InChI is InChI=1S/C14H12O4S/c15-13(19(17)18)14(16,11-7-3-1-4-8-11)12-9-5-2-6-10-12/h1-10,16H,(H,17,18)/p-1. The van der Waals surface area contributed by atoms with E-state index >= 15 is 0 Å². The molecule has 0 radical (unpaired) electrons. The summed E-state index contributed by atoms with van der Waals surface area (Å²) in [6.45, 7) is 0. The molecule has 0 bridgehead atoms. The Morgan fingerprint density at radius 3 is 1.63 bits per heavy atom. The van der Waals surface area contributed by atoms with Crippen molar-refractivity contribution >= 4 is 16.2 Å². The predicted molar refractivity (Wildman–Crippen MR) is 69.8 cm³/mol. The third kappa shape index (κ3) is 2.49. The van der Waals surface area contributed by atoms with Crippen molar-refractivity contribution in [3.63, 3.8) is 0 Å². The highest BCUT2D eigenvalue weighted by atomic mass is 32.2. The smallest absolute Gasteiger partial charge is 0.246 e. The minimum atomic E-state index is -3.02.